The molecule has 0 aliphatic heterocycles. The summed E-state index contributed by atoms with van der Waals surface area (Å²) in [5.41, 5.74) is 2.05. The maximum Gasteiger partial charge on any atom is 0.358 e. The van der Waals surface area contributed by atoms with Gasteiger partial charge in [0.25, 0.3) is 0 Å². The molecule has 3 rings (SSSR count). The topological polar surface area (TPSA) is 56.5 Å². The Morgan fingerprint density at radius 3 is 2.52 bits per heavy atom. The first kappa shape index (κ1) is 17.1. The summed E-state index contributed by atoms with van der Waals surface area (Å²) in [5.74, 6) is -0.842. The molecule has 120 valence electrons. The summed E-state index contributed by atoms with van der Waals surface area (Å²) in [6, 6.07) is 7.75. The van der Waals surface area contributed by atoms with Gasteiger partial charge in [-0.15, -0.1) is 0 Å². The van der Waals surface area contributed by atoms with Crippen LogP contribution in [0, 0.1) is 5.82 Å². The number of carbonyl (C=O) groups excluding carboxylic acids is 1. The summed E-state index contributed by atoms with van der Waals surface area (Å²) in [5, 5.41) is 4.37. The van der Waals surface area contributed by atoms with Crippen LogP contribution in [0.4, 0.5) is 4.39 Å². The summed E-state index contributed by atoms with van der Waals surface area (Å²) in [4.78, 5) is 15.7. The van der Waals surface area contributed by atoms with Crippen LogP contribution in [-0.4, -0.2) is 27.7 Å². The number of imidazole rings is 1. The van der Waals surface area contributed by atoms with Gasteiger partial charge in [0.2, 0.25) is 0 Å². The average molecular weight is 380 g/mol. The first-order chi connectivity index (χ1) is 11.1. The van der Waals surface area contributed by atoms with E-state index in [2.05, 4.69) is 30.7 Å². The minimum absolute atomic E-state index is 0.168. The zero-order valence-corrected chi connectivity index (χ0v) is 14.5. The fourth-order valence-corrected chi connectivity index (χ4v) is 2.39. The number of halogens is 2. The summed E-state index contributed by atoms with van der Waals surface area (Å²) in [6.45, 7) is 4.00. The number of carbonyl (C=O) groups is 1. The maximum absolute atomic E-state index is 13.0. The van der Waals surface area contributed by atoms with E-state index < -0.39 is 5.97 Å². The SMILES string of the molecule is CC.COC(=O)c1cn2nc(-c3ccc(F)cc3)cc(Br)c2n1. The van der Waals surface area contributed by atoms with Crippen LogP contribution >= 0.6 is 15.9 Å². The van der Waals surface area contributed by atoms with Gasteiger partial charge in [-0.05, 0) is 46.3 Å². The number of nitrogens with zero attached hydrogens (tertiary/aromatic N) is 3. The van der Waals surface area contributed by atoms with E-state index in [4.69, 9.17) is 0 Å². The fraction of sp³-hybridized carbons (Fsp3) is 0.188. The van der Waals surface area contributed by atoms with Crippen molar-refractivity contribution >= 4 is 27.5 Å². The van der Waals surface area contributed by atoms with E-state index in [0.29, 0.717) is 15.8 Å². The molecule has 0 saturated heterocycles. The summed E-state index contributed by atoms with van der Waals surface area (Å²) in [7, 11) is 1.29. The Bertz CT molecular complexity index is 831. The van der Waals surface area contributed by atoms with E-state index in [1.165, 1.54) is 30.0 Å². The van der Waals surface area contributed by atoms with Gasteiger partial charge in [-0.1, -0.05) is 13.8 Å². The second-order valence-corrected chi connectivity index (χ2v) is 5.12. The number of aromatic nitrogens is 3. The molecule has 0 amide bonds. The molecule has 0 aliphatic carbocycles. The average Bonchev–Trinajstić information content (AvgIpc) is 3.01. The monoisotopic (exact) mass is 379 g/mol. The van der Waals surface area contributed by atoms with Crippen molar-refractivity contribution in [3.05, 3.63) is 52.5 Å². The predicted octanol–water partition coefficient (Wildman–Crippen LogP) is 4.11. The van der Waals surface area contributed by atoms with E-state index >= 15 is 0 Å². The molecule has 0 fully saturated rings. The molecule has 0 unspecified atom stereocenters. The highest BCUT2D eigenvalue weighted by Crippen LogP contribution is 2.24. The Hall–Kier alpha value is -2.28. The number of benzene rings is 1. The third-order valence-electron chi connectivity index (χ3n) is 2.91. The molecule has 3 aromatic rings. The molecule has 7 heteroatoms. The van der Waals surface area contributed by atoms with E-state index in [9.17, 15) is 9.18 Å². The van der Waals surface area contributed by atoms with Crippen LogP contribution in [0.2, 0.25) is 0 Å². The number of rotatable bonds is 2. The maximum atomic E-state index is 13.0. The molecule has 0 N–H and O–H groups in total. The highest BCUT2D eigenvalue weighted by Gasteiger charge is 2.14. The smallest absolute Gasteiger partial charge is 0.358 e. The molecule has 5 nitrogen and oxygen atoms in total. The largest absolute Gasteiger partial charge is 0.464 e. The van der Waals surface area contributed by atoms with Crippen molar-refractivity contribution < 1.29 is 13.9 Å². The molecule has 0 saturated carbocycles. The lowest BCUT2D eigenvalue weighted by molar-refractivity contribution is 0.0594. The second kappa shape index (κ2) is 7.32. The number of hydrogen-bond donors (Lipinski definition) is 0. The molecule has 0 bridgehead atoms. The van der Waals surface area contributed by atoms with Gasteiger partial charge in [-0.2, -0.15) is 5.10 Å². The van der Waals surface area contributed by atoms with Crippen molar-refractivity contribution in [2.45, 2.75) is 13.8 Å². The van der Waals surface area contributed by atoms with Gasteiger partial charge in [0.15, 0.2) is 11.3 Å². The Morgan fingerprint density at radius 1 is 1.26 bits per heavy atom. The quantitative estimate of drug-likeness (QED) is 0.628. The minimum Gasteiger partial charge on any atom is -0.464 e. The van der Waals surface area contributed by atoms with Crippen molar-refractivity contribution in [3.8, 4) is 11.3 Å². The van der Waals surface area contributed by atoms with Gasteiger partial charge < -0.3 is 4.74 Å². The molecule has 0 atom stereocenters. The number of methoxy groups -OCH3 is 1. The van der Waals surface area contributed by atoms with Crippen molar-refractivity contribution in [3.63, 3.8) is 0 Å². The van der Waals surface area contributed by atoms with Crippen LogP contribution in [0.5, 0.6) is 0 Å². The normalized spacial score (nSPS) is 10.1. The second-order valence-electron chi connectivity index (χ2n) is 4.27. The Labute approximate surface area is 141 Å². The molecule has 0 spiro atoms. The lowest BCUT2D eigenvalue weighted by Crippen LogP contribution is -2.00. The van der Waals surface area contributed by atoms with Gasteiger partial charge in [-0.25, -0.2) is 18.7 Å². The highest BCUT2D eigenvalue weighted by molar-refractivity contribution is 9.10. The van der Waals surface area contributed by atoms with Gasteiger partial charge in [0, 0.05) is 5.56 Å². The minimum atomic E-state index is -0.532. The van der Waals surface area contributed by atoms with Gasteiger partial charge in [0.1, 0.15) is 5.82 Å². The highest BCUT2D eigenvalue weighted by atomic mass is 79.9. The zero-order valence-electron chi connectivity index (χ0n) is 12.9. The molecule has 0 radical (unpaired) electrons. The van der Waals surface area contributed by atoms with Crippen LogP contribution in [0.3, 0.4) is 0 Å². The van der Waals surface area contributed by atoms with Crippen LogP contribution in [-0.2, 0) is 4.74 Å². The van der Waals surface area contributed by atoms with E-state index in [1.54, 1.807) is 18.2 Å². The van der Waals surface area contributed by atoms with Crippen LogP contribution in [0.1, 0.15) is 24.3 Å². The predicted molar refractivity (Wildman–Crippen MR) is 88.8 cm³/mol. The molecule has 0 aliphatic rings. The number of fused-ring (bicyclic) bond motifs is 1. The molecule has 23 heavy (non-hydrogen) atoms. The first-order valence-electron chi connectivity index (χ1n) is 6.98. The lowest BCUT2D eigenvalue weighted by atomic mass is 10.1. The van der Waals surface area contributed by atoms with E-state index in [0.717, 1.165) is 5.56 Å². The van der Waals surface area contributed by atoms with Crippen LogP contribution in [0.25, 0.3) is 16.9 Å². The van der Waals surface area contributed by atoms with Gasteiger partial charge in [-0.3, -0.25) is 0 Å². The summed E-state index contributed by atoms with van der Waals surface area (Å²) >= 11 is 3.39. The number of hydrogen-bond acceptors (Lipinski definition) is 4. The van der Waals surface area contributed by atoms with Crippen molar-refractivity contribution in [2.75, 3.05) is 7.11 Å². The van der Waals surface area contributed by atoms with Crippen LogP contribution < -0.4 is 0 Å². The van der Waals surface area contributed by atoms with Gasteiger partial charge in [0.05, 0.1) is 23.5 Å². The molecular formula is C16H15BrFN3O2. The van der Waals surface area contributed by atoms with Crippen molar-refractivity contribution in [2.24, 2.45) is 0 Å². The molecular weight excluding hydrogens is 365 g/mol. The Morgan fingerprint density at radius 2 is 1.91 bits per heavy atom. The molecule has 2 aromatic heterocycles. The third-order valence-corrected chi connectivity index (χ3v) is 3.50. The molecule has 1 aromatic carbocycles. The number of ether oxygens (including phenoxy) is 1. The van der Waals surface area contributed by atoms with Crippen molar-refractivity contribution in [1.82, 2.24) is 14.6 Å². The Balaban J connectivity index is 0.000000924. The first-order valence-corrected chi connectivity index (χ1v) is 7.78. The van der Waals surface area contributed by atoms with E-state index in [1.807, 2.05) is 13.8 Å². The van der Waals surface area contributed by atoms with Crippen molar-refractivity contribution in [1.29, 1.82) is 0 Å². The summed E-state index contributed by atoms with van der Waals surface area (Å²) in [6.07, 6.45) is 1.49. The standard InChI is InChI=1S/C14H9BrFN3O2.C2H6/c1-21-14(20)12-7-19-13(17-12)10(15)6-11(18-19)8-2-4-9(16)5-3-8;1-2/h2-7H,1H3;1-2H3. The Kier molecular flexibility index (Phi) is 5.44. The van der Waals surface area contributed by atoms with Gasteiger partial charge >= 0.3 is 5.97 Å². The van der Waals surface area contributed by atoms with Crippen LogP contribution in [0.15, 0.2) is 41.0 Å². The number of esters is 1. The summed E-state index contributed by atoms with van der Waals surface area (Å²) < 4.78 is 19.8. The molecule has 2 heterocycles. The van der Waals surface area contributed by atoms with E-state index in [-0.39, 0.29) is 11.5 Å². The third kappa shape index (κ3) is 3.56. The fourth-order valence-electron chi connectivity index (χ4n) is 1.90. The lowest BCUT2D eigenvalue weighted by Gasteiger charge is -2.03. The zero-order chi connectivity index (χ0) is 17.0.